The van der Waals surface area contributed by atoms with E-state index in [-0.39, 0.29) is 6.03 Å². The molecule has 1 aromatic rings. The lowest BCUT2D eigenvalue weighted by Crippen LogP contribution is -2.36. The zero-order valence-electron chi connectivity index (χ0n) is 13.0. The third kappa shape index (κ3) is 4.60. The minimum atomic E-state index is -3.33. The average Bonchev–Trinajstić information content (AvgIpc) is 2.86. The molecule has 1 fully saturated rings. The van der Waals surface area contributed by atoms with Gasteiger partial charge in [-0.15, -0.1) is 0 Å². The van der Waals surface area contributed by atoms with Gasteiger partial charge in [0.1, 0.15) is 0 Å². The summed E-state index contributed by atoms with van der Waals surface area (Å²) in [7, 11) is 0.679. The molecule has 2 N–H and O–H groups in total. The highest BCUT2D eigenvalue weighted by Gasteiger charge is 2.27. The Bertz CT molecular complexity index is 645. The highest BCUT2D eigenvalue weighted by molar-refractivity contribution is 7.92. The van der Waals surface area contributed by atoms with E-state index in [1.807, 2.05) is 14.1 Å². The molecule has 0 spiro atoms. The first kappa shape index (κ1) is 16.6. The van der Waals surface area contributed by atoms with Gasteiger partial charge in [-0.2, -0.15) is 0 Å². The van der Waals surface area contributed by atoms with Crippen LogP contribution in [0.3, 0.4) is 0 Å². The van der Waals surface area contributed by atoms with Crippen LogP contribution in [0.15, 0.2) is 24.3 Å². The Balaban J connectivity index is 1.99. The molecule has 1 heterocycles. The smallest absolute Gasteiger partial charge is 0.321 e. The summed E-state index contributed by atoms with van der Waals surface area (Å²) in [6.07, 6.45) is 2.04. The Kier molecular flexibility index (Phi) is 4.92. The molecular formula is C14H22N4O3S. The minimum Gasteiger partial charge on any atom is -0.323 e. The van der Waals surface area contributed by atoms with Crippen molar-refractivity contribution in [1.82, 2.24) is 9.80 Å². The predicted molar refractivity (Wildman–Crippen MR) is 87.6 cm³/mol. The second-order valence-corrected chi connectivity index (χ2v) is 7.49. The second-order valence-electron chi connectivity index (χ2n) is 5.74. The largest absolute Gasteiger partial charge is 0.323 e. The molecule has 0 aliphatic carbocycles. The van der Waals surface area contributed by atoms with E-state index in [1.54, 1.807) is 29.2 Å². The Hall–Kier alpha value is -1.80. The molecule has 2 amide bonds. The molecule has 0 radical (unpaired) electrons. The molecule has 8 heteroatoms. The number of nitrogens with one attached hydrogen (secondary N) is 2. The number of benzene rings is 1. The van der Waals surface area contributed by atoms with E-state index >= 15 is 0 Å². The van der Waals surface area contributed by atoms with Crippen molar-refractivity contribution in [2.75, 3.05) is 43.5 Å². The highest BCUT2D eigenvalue weighted by atomic mass is 32.2. The van der Waals surface area contributed by atoms with Crippen LogP contribution in [0.4, 0.5) is 16.2 Å². The lowest BCUT2D eigenvalue weighted by molar-refractivity contribution is 0.216. The SMILES string of the molecule is CN(C)[C@@H]1CCN(C(=O)Nc2cccc(NS(C)(=O)=O)c2)C1. The van der Waals surface area contributed by atoms with Gasteiger partial charge in [-0.05, 0) is 38.7 Å². The van der Waals surface area contributed by atoms with Crippen molar-refractivity contribution in [2.45, 2.75) is 12.5 Å². The zero-order valence-corrected chi connectivity index (χ0v) is 13.9. The first-order valence-corrected chi connectivity index (χ1v) is 8.94. The monoisotopic (exact) mass is 326 g/mol. The molecular weight excluding hydrogens is 304 g/mol. The van der Waals surface area contributed by atoms with Crippen molar-refractivity contribution < 1.29 is 13.2 Å². The number of anilines is 2. The van der Waals surface area contributed by atoms with Crippen LogP contribution in [-0.4, -0.2) is 63.7 Å². The maximum atomic E-state index is 12.2. The molecule has 1 aliphatic heterocycles. The summed E-state index contributed by atoms with van der Waals surface area (Å²) in [5.74, 6) is 0. The highest BCUT2D eigenvalue weighted by Crippen LogP contribution is 2.18. The van der Waals surface area contributed by atoms with Gasteiger partial charge in [-0.1, -0.05) is 6.07 Å². The van der Waals surface area contributed by atoms with Crippen molar-refractivity contribution in [1.29, 1.82) is 0 Å². The molecule has 7 nitrogen and oxygen atoms in total. The van der Waals surface area contributed by atoms with Crippen LogP contribution in [0.5, 0.6) is 0 Å². The third-order valence-corrected chi connectivity index (χ3v) is 4.20. The summed E-state index contributed by atoms with van der Waals surface area (Å²) in [6, 6.07) is 6.86. The fraction of sp³-hybridized carbons (Fsp3) is 0.500. The molecule has 0 unspecified atom stereocenters. The van der Waals surface area contributed by atoms with Crippen LogP contribution in [0.2, 0.25) is 0 Å². The van der Waals surface area contributed by atoms with Crippen LogP contribution in [0.25, 0.3) is 0 Å². The van der Waals surface area contributed by atoms with Gasteiger partial charge in [-0.25, -0.2) is 13.2 Å². The number of nitrogens with zero attached hydrogens (tertiary/aromatic N) is 2. The molecule has 0 saturated carbocycles. The maximum absolute atomic E-state index is 12.2. The molecule has 1 aliphatic rings. The molecule has 1 atom stereocenters. The molecule has 1 saturated heterocycles. The number of hydrogen-bond donors (Lipinski definition) is 2. The van der Waals surface area contributed by atoms with Gasteiger partial charge in [0.2, 0.25) is 10.0 Å². The minimum absolute atomic E-state index is 0.166. The number of urea groups is 1. The van der Waals surface area contributed by atoms with Crippen molar-refractivity contribution in [2.24, 2.45) is 0 Å². The van der Waals surface area contributed by atoms with E-state index in [0.29, 0.717) is 24.0 Å². The van der Waals surface area contributed by atoms with Crippen LogP contribution in [-0.2, 0) is 10.0 Å². The van der Waals surface area contributed by atoms with Crippen molar-refractivity contribution >= 4 is 27.4 Å². The van der Waals surface area contributed by atoms with Crippen molar-refractivity contribution in [3.8, 4) is 0 Å². The predicted octanol–water partition coefficient (Wildman–Crippen LogP) is 1.23. The number of sulfonamides is 1. The standard InChI is InChI=1S/C14H22N4O3S/c1-17(2)13-7-8-18(10-13)14(19)15-11-5-4-6-12(9-11)16-22(3,20)21/h4-6,9,13,16H,7-8,10H2,1-3H3,(H,15,19)/t13-/m1/s1. The van der Waals surface area contributed by atoms with Gasteiger partial charge < -0.3 is 15.1 Å². The molecule has 0 aromatic heterocycles. The Morgan fingerprint density at radius 1 is 1.32 bits per heavy atom. The number of rotatable bonds is 4. The topological polar surface area (TPSA) is 81.8 Å². The summed E-state index contributed by atoms with van der Waals surface area (Å²) >= 11 is 0. The average molecular weight is 326 g/mol. The number of carbonyl (C=O) groups excluding carboxylic acids is 1. The molecule has 22 heavy (non-hydrogen) atoms. The van der Waals surface area contributed by atoms with E-state index < -0.39 is 10.0 Å². The molecule has 1 aromatic carbocycles. The number of carbonyl (C=O) groups is 1. The zero-order chi connectivity index (χ0) is 16.3. The first-order valence-electron chi connectivity index (χ1n) is 7.05. The van der Waals surface area contributed by atoms with Crippen LogP contribution in [0, 0.1) is 0 Å². The molecule has 122 valence electrons. The number of likely N-dealkylation sites (tertiary alicyclic amines) is 1. The third-order valence-electron chi connectivity index (χ3n) is 3.60. The van der Waals surface area contributed by atoms with Gasteiger partial charge >= 0.3 is 6.03 Å². The normalized spacial score (nSPS) is 18.5. The van der Waals surface area contributed by atoms with Crippen molar-refractivity contribution in [3.63, 3.8) is 0 Å². The van der Waals surface area contributed by atoms with Crippen LogP contribution in [0.1, 0.15) is 6.42 Å². The Morgan fingerprint density at radius 2 is 2.00 bits per heavy atom. The van der Waals surface area contributed by atoms with Gasteiger partial charge in [0, 0.05) is 24.8 Å². The van der Waals surface area contributed by atoms with Crippen molar-refractivity contribution in [3.05, 3.63) is 24.3 Å². The Morgan fingerprint density at radius 3 is 2.59 bits per heavy atom. The number of hydrogen-bond acceptors (Lipinski definition) is 4. The quantitative estimate of drug-likeness (QED) is 0.872. The van der Waals surface area contributed by atoms with E-state index in [0.717, 1.165) is 19.2 Å². The van der Waals surface area contributed by atoms with Crippen LogP contribution < -0.4 is 10.0 Å². The Labute approximate surface area is 131 Å². The summed E-state index contributed by atoms with van der Waals surface area (Å²) in [4.78, 5) is 16.1. The van der Waals surface area contributed by atoms with Gasteiger partial charge in [0.25, 0.3) is 0 Å². The summed E-state index contributed by atoms with van der Waals surface area (Å²) in [6.45, 7) is 1.41. The lowest BCUT2D eigenvalue weighted by Gasteiger charge is -2.20. The van der Waals surface area contributed by atoms with E-state index in [9.17, 15) is 13.2 Å². The second kappa shape index (κ2) is 6.53. The molecule has 0 bridgehead atoms. The molecule has 2 rings (SSSR count). The number of amides is 2. The lowest BCUT2D eigenvalue weighted by atomic mass is 10.2. The van der Waals surface area contributed by atoms with Gasteiger partial charge in [0.15, 0.2) is 0 Å². The van der Waals surface area contributed by atoms with Gasteiger partial charge in [0.05, 0.1) is 11.9 Å². The maximum Gasteiger partial charge on any atom is 0.321 e. The summed E-state index contributed by atoms with van der Waals surface area (Å²) < 4.78 is 24.9. The summed E-state index contributed by atoms with van der Waals surface area (Å²) in [5.41, 5.74) is 0.986. The fourth-order valence-electron chi connectivity index (χ4n) is 2.42. The fourth-order valence-corrected chi connectivity index (χ4v) is 2.98. The summed E-state index contributed by atoms with van der Waals surface area (Å²) in [5, 5.41) is 2.80. The first-order chi connectivity index (χ1) is 10.2. The number of likely N-dealkylation sites (N-methyl/N-ethyl adjacent to an activating group) is 1. The van der Waals surface area contributed by atoms with Gasteiger partial charge in [-0.3, -0.25) is 4.72 Å². The van der Waals surface area contributed by atoms with E-state index in [2.05, 4.69) is 14.9 Å². The van der Waals surface area contributed by atoms with Crippen LogP contribution >= 0.6 is 0 Å². The van der Waals surface area contributed by atoms with E-state index in [4.69, 9.17) is 0 Å². The van der Waals surface area contributed by atoms with E-state index in [1.165, 1.54) is 0 Å².